The van der Waals surface area contributed by atoms with Crippen molar-refractivity contribution in [3.8, 4) is 0 Å². The highest BCUT2D eigenvalue weighted by atomic mass is 127. The van der Waals surface area contributed by atoms with Gasteiger partial charge in [0.25, 0.3) is 0 Å². The van der Waals surface area contributed by atoms with Gasteiger partial charge in [-0.05, 0) is 46.7 Å². The quantitative estimate of drug-likeness (QED) is 0.479. The lowest BCUT2D eigenvalue weighted by Crippen LogP contribution is -2.10. The Kier molecular flexibility index (Phi) is 7.87. The fourth-order valence-corrected chi connectivity index (χ4v) is 2.96. The van der Waals surface area contributed by atoms with Crippen LogP contribution in [-0.4, -0.2) is 33.8 Å². The summed E-state index contributed by atoms with van der Waals surface area (Å²) in [5, 5.41) is 17.0. The summed E-state index contributed by atoms with van der Waals surface area (Å²) in [5.74, 6) is 0.288. The number of hydrogen-bond donors (Lipinski definition) is 1. The zero-order valence-electron chi connectivity index (χ0n) is 14.1. The molecular weight excluding hydrogens is 417 g/mol. The highest BCUT2D eigenvalue weighted by molar-refractivity contribution is 14.1. The van der Waals surface area contributed by atoms with Gasteiger partial charge in [0.05, 0.1) is 11.8 Å². The summed E-state index contributed by atoms with van der Waals surface area (Å²) >= 11 is 2.31. The van der Waals surface area contributed by atoms with Crippen LogP contribution >= 0.6 is 22.6 Å². The largest absolute Gasteiger partial charge is 0.396 e. The van der Waals surface area contributed by atoms with Crippen LogP contribution < -0.4 is 0 Å². The van der Waals surface area contributed by atoms with E-state index in [9.17, 15) is 0 Å². The maximum atomic E-state index is 8.89. The lowest BCUT2D eigenvalue weighted by atomic mass is 9.96. The van der Waals surface area contributed by atoms with Crippen molar-refractivity contribution < 1.29 is 9.84 Å². The number of benzene rings is 1. The molecule has 2 aromatic rings. The third-order valence-electron chi connectivity index (χ3n) is 3.85. The first-order valence-corrected chi connectivity index (χ1v) is 9.16. The van der Waals surface area contributed by atoms with E-state index >= 15 is 0 Å². The number of nitrogens with zero attached hydrogens (tertiary/aromatic N) is 3. The summed E-state index contributed by atoms with van der Waals surface area (Å²) < 4.78 is 8.72. The van der Waals surface area contributed by atoms with Gasteiger partial charge in [-0.3, -0.25) is 4.68 Å². The molecular formula is C18H24IN3O2. The summed E-state index contributed by atoms with van der Waals surface area (Å²) in [6.07, 6.45) is 7.74. The first-order valence-electron chi connectivity index (χ1n) is 8.09. The molecule has 130 valence electrons. The summed E-state index contributed by atoms with van der Waals surface area (Å²) in [6, 6.07) is 8.46. The third kappa shape index (κ3) is 5.68. The van der Waals surface area contributed by atoms with Gasteiger partial charge in [0.2, 0.25) is 0 Å². The van der Waals surface area contributed by atoms with Crippen LogP contribution in [0, 0.1) is 9.49 Å². The average molecular weight is 441 g/mol. The number of aliphatic hydroxyl groups excluding tert-OH is 1. The maximum Gasteiger partial charge on any atom is 0.0881 e. The van der Waals surface area contributed by atoms with Gasteiger partial charge in [0.15, 0.2) is 0 Å². The van der Waals surface area contributed by atoms with E-state index in [-0.39, 0.29) is 18.6 Å². The molecule has 1 heterocycles. The zero-order valence-corrected chi connectivity index (χ0v) is 16.3. The second kappa shape index (κ2) is 9.90. The monoisotopic (exact) mass is 441 g/mol. The molecule has 1 N–H and O–H groups in total. The molecule has 24 heavy (non-hydrogen) atoms. The van der Waals surface area contributed by atoms with Crippen molar-refractivity contribution in [1.29, 1.82) is 0 Å². The predicted molar refractivity (Wildman–Crippen MR) is 103 cm³/mol. The molecule has 1 aromatic heterocycles. The Labute approximate surface area is 156 Å². The molecule has 0 aliphatic heterocycles. The van der Waals surface area contributed by atoms with E-state index in [4.69, 9.17) is 9.84 Å². The average Bonchev–Trinajstić information content (AvgIpc) is 3.02. The fraction of sp³-hybridized carbons (Fsp3) is 0.444. The Hall–Kier alpha value is -1.25. The van der Waals surface area contributed by atoms with Crippen molar-refractivity contribution >= 4 is 22.6 Å². The molecule has 5 nitrogen and oxygen atoms in total. The summed E-state index contributed by atoms with van der Waals surface area (Å²) in [5.41, 5.74) is 2.02. The van der Waals surface area contributed by atoms with Crippen molar-refractivity contribution in [1.82, 2.24) is 15.0 Å². The van der Waals surface area contributed by atoms with E-state index in [0.717, 1.165) is 18.7 Å². The van der Waals surface area contributed by atoms with Crippen LogP contribution in [0.5, 0.6) is 0 Å². The van der Waals surface area contributed by atoms with Crippen molar-refractivity contribution in [2.75, 3.05) is 13.7 Å². The highest BCUT2D eigenvalue weighted by Gasteiger charge is 2.16. The van der Waals surface area contributed by atoms with Gasteiger partial charge in [-0.25, -0.2) is 0 Å². The van der Waals surface area contributed by atoms with E-state index in [1.54, 1.807) is 7.11 Å². The number of hydrogen-bond acceptors (Lipinski definition) is 4. The molecule has 0 aliphatic rings. The van der Waals surface area contributed by atoms with Crippen LogP contribution in [0.3, 0.4) is 0 Å². The van der Waals surface area contributed by atoms with E-state index in [1.807, 2.05) is 10.9 Å². The topological polar surface area (TPSA) is 60.2 Å². The van der Waals surface area contributed by atoms with Gasteiger partial charge in [-0.2, -0.15) is 0 Å². The van der Waals surface area contributed by atoms with Gasteiger partial charge in [-0.15, -0.1) is 5.10 Å². The number of rotatable bonds is 9. The molecule has 0 spiro atoms. The van der Waals surface area contributed by atoms with Crippen LogP contribution in [-0.2, 0) is 17.7 Å². The van der Waals surface area contributed by atoms with Crippen LogP contribution in [0.1, 0.15) is 30.7 Å². The van der Waals surface area contributed by atoms with Crippen LogP contribution in [0.2, 0.25) is 0 Å². The third-order valence-corrected chi connectivity index (χ3v) is 4.57. The molecule has 0 amide bonds. The van der Waals surface area contributed by atoms with Crippen LogP contribution in [0.25, 0.3) is 0 Å². The number of aryl methyl sites for hydroxylation is 1. The normalized spacial score (nSPS) is 14.2. The molecule has 6 heteroatoms. The Balaban J connectivity index is 1.86. The summed E-state index contributed by atoms with van der Waals surface area (Å²) in [7, 11) is 1.76. The van der Waals surface area contributed by atoms with E-state index in [0.29, 0.717) is 6.42 Å². The lowest BCUT2D eigenvalue weighted by Gasteiger charge is -2.20. The number of methoxy groups -OCH3 is 1. The molecule has 0 aliphatic carbocycles. The second-order valence-corrected chi connectivity index (χ2v) is 6.98. The molecule has 0 bridgehead atoms. The van der Waals surface area contributed by atoms with Gasteiger partial charge in [0.1, 0.15) is 0 Å². The van der Waals surface area contributed by atoms with Crippen LogP contribution in [0.4, 0.5) is 0 Å². The van der Waals surface area contributed by atoms with Gasteiger partial charge in [0, 0.05) is 42.4 Å². The van der Waals surface area contributed by atoms with Gasteiger partial charge >= 0.3 is 0 Å². The van der Waals surface area contributed by atoms with Crippen molar-refractivity contribution in [2.45, 2.75) is 32.4 Å². The SMILES string of the molecule is CO[C@H](c1ccc(I)cc1)[C@H](C)/C=C/CCn1cc(CCO)nn1. The van der Waals surface area contributed by atoms with Crippen molar-refractivity contribution in [2.24, 2.45) is 5.92 Å². The minimum atomic E-state index is 0.0563. The fourth-order valence-electron chi connectivity index (χ4n) is 2.60. The number of ether oxygens (including phenoxy) is 1. The van der Waals surface area contributed by atoms with E-state index < -0.39 is 0 Å². The zero-order chi connectivity index (χ0) is 17.4. The van der Waals surface area contributed by atoms with Gasteiger partial charge < -0.3 is 9.84 Å². The number of halogens is 1. The van der Waals surface area contributed by atoms with Gasteiger partial charge in [-0.1, -0.05) is 36.4 Å². The maximum absolute atomic E-state index is 8.89. The summed E-state index contributed by atoms with van der Waals surface area (Å²) in [6.45, 7) is 3.05. The molecule has 0 radical (unpaired) electrons. The molecule has 1 aromatic carbocycles. The summed E-state index contributed by atoms with van der Waals surface area (Å²) in [4.78, 5) is 0. The van der Waals surface area contributed by atoms with E-state index in [2.05, 4.69) is 76.2 Å². The molecule has 0 unspecified atom stereocenters. The smallest absolute Gasteiger partial charge is 0.0881 e. The number of aliphatic hydroxyl groups is 1. The molecule has 2 atom stereocenters. The lowest BCUT2D eigenvalue weighted by molar-refractivity contribution is 0.0740. The molecule has 0 saturated carbocycles. The Morgan fingerprint density at radius 1 is 1.33 bits per heavy atom. The van der Waals surface area contributed by atoms with Crippen molar-refractivity contribution in [3.05, 3.63) is 57.4 Å². The Morgan fingerprint density at radius 2 is 2.08 bits per heavy atom. The predicted octanol–water partition coefficient (Wildman–Crippen LogP) is 3.39. The Bertz CT molecular complexity index is 640. The van der Waals surface area contributed by atoms with Crippen molar-refractivity contribution in [3.63, 3.8) is 0 Å². The minimum Gasteiger partial charge on any atom is -0.396 e. The highest BCUT2D eigenvalue weighted by Crippen LogP contribution is 2.27. The Morgan fingerprint density at radius 3 is 2.75 bits per heavy atom. The first-order chi connectivity index (χ1) is 11.6. The first kappa shape index (κ1) is 19.1. The number of allylic oxidation sites excluding steroid dienone is 1. The number of aromatic nitrogens is 3. The molecule has 0 saturated heterocycles. The van der Waals surface area contributed by atoms with E-state index in [1.165, 1.54) is 9.13 Å². The standard InChI is InChI=1S/C18H24IN3O2/c1-14(18(24-2)15-6-8-16(19)9-7-15)5-3-4-11-22-13-17(10-12-23)20-21-22/h3,5-9,13-14,18,23H,4,10-12H2,1-2H3/b5-3+/t14-,18+/m1/s1. The minimum absolute atomic E-state index is 0.0563. The molecule has 2 rings (SSSR count). The molecule has 0 fully saturated rings. The second-order valence-electron chi connectivity index (χ2n) is 5.73. The van der Waals surface area contributed by atoms with Crippen LogP contribution in [0.15, 0.2) is 42.6 Å².